The summed E-state index contributed by atoms with van der Waals surface area (Å²) in [5.41, 5.74) is 7.77. The predicted molar refractivity (Wildman–Crippen MR) is 89.0 cm³/mol. The molecule has 0 radical (unpaired) electrons. The van der Waals surface area contributed by atoms with Crippen LogP contribution in [0.5, 0.6) is 0 Å². The third kappa shape index (κ3) is 2.97. The summed E-state index contributed by atoms with van der Waals surface area (Å²) in [7, 11) is 0. The summed E-state index contributed by atoms with van der Waals surface area (Å²) in [6.45, 7) is 2.42. The van der Waals surface area contributed by atoms with Crippen LogP contribution in [0.15, 0.2) is 22.7 Å². The van der Waals surface area contributed by atoms with Gasteiger partial charge in [-0.1, -0.05) is 15.9 Å². The van der Waals surface area contributed by atoms with Gasteiger partial charge < -0.3 is 15.4 Å². The van der Waals surface area contributed by atoms with E-state index in [2.05, 4.69) is 22.0 Å². The molecule has 0 aromatic heterocycles. The minimum atomic E-state index is -0.438. The van der Waals surface area contributed by atoms with E-state index in [0.717, 1.165) is 36.0 Å². The van der Waals surface area contributed by atoms with E-state index in [1.165, 1.54) is 5.56 Å². The van der Waals surface area contributed by atoms with Gasteiger partial charge in [0.05, 0.1) is 5.41 Å². The molecule has 0 aliphatic carbocycles. The number of carbonyl (C=O) groups is 1. The van der Waals surface area contributed by atoms with Gasteiger partial charge in [-0.2, -0.15) is 0 Å². The Labute approximate surface area is 139 Å². The largest absolute Gasteiger partial charge is 0.381 e. The van der Waals surface area contributed by atoms with Crippen LogP contribution in [0.1, 0.15) is 18.4 Å². The fourth-order valence-corrected chi connectivity index (χ4v) is 3.54. The van der Waals surface area contributed by atoms with E-state index in [0.29, 0.717) is 19.8 Å². The molecule has 0 saturated carbocycles. The van der Waals surface area contributed by atoms with Crippen molar-refractivity contribution in [2.45, 2.75) is 19.3 Å². The molecule has 2 N–H and O–H groups in total. The third-order valence-electron chi connectivity index (χ3n) is 4.48. The summed E-state index contributed by atoms with van der Waals surface area (Å²) in [6.07, 6.45) is 2.37. The van der Waals surface area contributed by atoms with Crippen LogP contribution in [0, 0.1) is 5.41 Å². The Hall–Kier alpha value is -0.620. The van der Waals surface area contributed by atoms with Crippen LogP contribution >= 0.6 is 28.3 Å². The van der Waals surface area contributed by atoms with E-state index < -0.39 is 5.41 Å². The summed E-state index contributed by atoms with van der Waals surface area (Å²) in [5.74, 6) is 0.171. The van der Waals surface area contributed by atoms with Crippen molar-refractivity contribution in [3.8, 4) is 0 Å². The Morgan fingerprint density at radius 1 is 1.38 bits per heavy atom. The summed E-state index contributed by atoms with van der Waals surface area (Å²) >= 11 is 3.48. The lowest BCUT2D eigenvalue weighted by atomic mass is 9.79. The van der Waals surface area contributed by atoms with Crippen molar-refractivity contribution in [2.75, 3.05) is 31.2 Å². The summed E-state index contributed by atoms with van der Waals surface area (Å²) in [4.78, 5) is 14.9. The van der Waals surface area contributed by atoms with Gasteiger partial charge in [0.1, 0.15) is 0 Å². The van der Waals surface area contributed by atoms with Gasteiger partial charge in [-0.05, 0) is 43.0 Å². The number of ether oxygens (including phenoxy) is 1. The molecule has 1 aromatic rings. The number of nitrogens with two attached hydrogens (primary N) is 1. The van der Waals surface area contributed by atoms with Gasteiger partial charge in [-0.3, -0.25) is 4.79 Å². The average molecular weight is 376 g/mol. The predicted octanol–water partition coefficient (Wildman–Crippen LogP) is 2.52. The second-order valence-corrected chi connectivity index (χ2v) is 6.49. The summed E-state index contributed by atoms with van der Waals surface area (Å²) in [5, 5.41) is 0. The number of rotatable bonds is 2. The van der Waals surface area contributed by atoms with Gasteiger partial charge >= 0.3 is 0 Å². The van der Waals surface area contributed by atoms with E-state index in [4.69, 9.17) is 10.5 Å². The van der Waals surface area contributed by atoms with Crippen molar-refractivity contribution in [3.05, 3.63) is 28.2 Å². The van der Waals surface area contributed by atoms with E-state index in [9.17, 15) is 4.79 Å². The van der Waals surface area contributed by atoms with Gasteiger partial charge in [-0.25, -0.2) is 0 Å². The smallest absolute Gasteiger partial charge is 0.234 e. The summed E-state index contributed by atoms with van der Waals surface area (Å²) < 4.78 is 6.45. The highest BCUT2D eigenvalue weighted by molar-refractivity contribution is 9.10. The molecule has 0 spiro atoms. The van der Waals surface area contributed by atoms with E-state index in [-0.39, 0.29) is 18.3 Å². The maximum absolute atomic E-state index is 13.0. The Bertz CT molecular complexity index is 532. The topological polar surface area (TPSA) is 55.6 Å². The quantitative estimate of drug-likeness (QED) is 0.864. The molecule has 1 aromatic carbocycles. The van der Waals surface area contributed by atoms with E-state index in [1.807, 2.05) is 17.0 Å². The van der Waals surface area contributed by atoms with E-state index in [1.54, 1.807) is 0 Å². The SMILES string of the molecule is Cl.NCC1(C(=O)N2CCc3cc(Br)ccc32)CCOCC1. The number of hydrogen-bond donors (Lipinski definition) is 1. The molecule has 1 amide bonds. The molecule has 21 heavy (non-hydrogen) atoms. The normalized spacial score (nSPS) is 19.8. The molecule has 2 aliphatic rings. The molecule has 2 aliphatic heterocycles. The molecule has 116 valence electrons. The molecular formula is C15H20BrClN2O2. The van der Waals surface area contributed by atoms with Crippen LogP contribution in [-0.2, 0) is 16.0 Å². The van der Waals surface area contributed by atoms with Crippen molar-refractivity contribution in [1.29, 1.82) is 0 Å². The first-order valence-electron chi connectivity index (χ1n) is 7.04. The molecule has 3 rings (SSSR count). The molecule has 2 heterocycles. The highest BCUT2D eigenvalue weighted by atomic mass is 79.9. The zero-order valence-electron chi connectivity index (χ0n) is 11.8. The monoisotopic (exact) mass is 374 g/mol. The minimum Gasteiger partial charge on any atom is -0.381 e. The van der Waals surface area contributed by atoms with Crippen molar-refractivity contribution in [3.63, 3.8) is 0 Å². The first kappa shape index (κ1) is 16.7. The Morgan fingerprint density at radius 2 is 2.10 bits per heavy atom. The fourth-order valence-electron chi connectivity index (χ4n) is 3.14. The van der Waals surface area contributed by atoms with Gasteiger partial charge in [-0.15, -0.1) is 12.4 Å². The number of hydrogen-bond acceptors (Lipinski definition) is 3. The maximum Gasteiger partial charge on any atom is 0.234 e. The first-order chi connectivity index (χ1) is 9.66. The maximum atomic E-state index is 13.0. The molecule has 1 fully saturated rings. The molecule has 0 bridgehead atoms. The molecule has 1 saturated heterocycles. The Morgan fingerprint density at radius 3 is 2.76 bits per heavy atom. The number of anilines is 1. The van der Waals surface area contributed by atoms with Crippen LogP contribution < -0.4 is 10.6 Å². The highest BCUT2D eigenvalue weighted by Gasteiger charge is 2.43. The third-order valence-corrected chi connectivity index (χ3v) is 4.97. The molecular weight excluding hydrogens is 356 g/mol. The van der Waals surface area contributed by atoms with Crippen LogP contribution in [0.4, 0.5) is 5.69 Å². The minimum absolute atomic E-state index is 0. The average Bonchev–Trinajstić information content (AvgIpc) is 2.90. The highest BCUT2D eigenvalue weighted by Crippen LogP contribution is 2.37. The first-order valence-corrected chi connectivity index (χ1v) is 7.84. The number of benzene rings is 1. The summed E-state index contributed by atoms with van der Waals surface area (Å²) in [6, 6.07) is 6.11. The van der Waals surface area contributed by atoms with Crippen LogP contribution in [0.25, 0.3) is 0 Å². The zero-order chi connectivity index (χ0) is 14.2. The van der Waals surface area contributed by atoms with Crippen molar-refractivity contribution < 1.29 is 9.53 Å². The number of halogens is 2. The lowest BCUT2D eigenvalue weighted by Crippen LogP contribution is -2.50. The standard InChI is InChI=1S/C15H19BrN2O2.ClH/c16-12-1-2-13-11(9-12)3-6-18(13)14(19)15(10-17)4-7-20-8-5-15;/h1-2,9H,3-8,10,17H2;1H. The zero-order valence-corrected chi connectivity index (χ0v) is 14.2. The van der Waals surface area contributed by atoms with Crippen LogP contribution in [0.3, 0.4) is 0 Å². The Balaban J connectivity index is 0.00000161. The molecule has 4 nitrogen and oxygen atoms in total. The van der Waals surface area contributed by atoms with Gasteiger partial charge in [0.25, 0.3) is 0 Å². The van der Waals surface area contributed by atoms with Crippen LogP contribution in [-0.4, -0.2) is 32.2 Å². The van der Waals surface area contributed by atoms with Crippen molar-refractivity contribution >= 4 is 39.9 Å². The lowest BCUT2D eigenvalue weighted by molar-refractivity contribution is -0.132. The lowest BCUT2D eigenvalue weighted by Gasteiger charge is -2.37. The molecule has 6 heteroatoms. The second kappa shape index (κ2) is 6.65. The second-order valence-electron chi connectivity index (χ2n) is 5.58. The van der Waals surface area contributed by atoms with Crippen molar-refractivity contribution in [2.24, 2.45) is 11.1 Å². The molecule has 0 unspecified atom stereocenters. The molecule has 0 atom stereocenters. The van der Waals surface area contributed by atoms with Gasteiger partial charge in [0, 0.05) is 36.5 Å². The Kier molecular flexibility index (Phi) is 5.30. The van der Waals surface area contributed by atoms with Gasteiger partial charge in [0.2, 0.25) is 5.91 Å². The number of carbonyl (C=O) groups excluding carboxylic acids is 1. The number of fused-ring (bicyclic) bond motifs is 1. The fraction of sp³-hybridized carbons (Fsp3) is 0.533. The van der Waals surface area contributed by atoms with E-state index >= 15 is 0 Å². The number of nitrogens with zero attached hydrogens (tertiary/aromatic N) is 1. The van der Waals surface area contributed by atoms with Crippen LogP contribution in [0.2, 0.25) is 0 Å². The number of amides is 1. The van der Waals surface area contributed by atoms with Gasteiger partial charge in [0.15, 0.2) is 0 Å². The van der Waals surface area contributed by atoms with Crippen molar-refractivity contribution in [1.82, 2.24) is 0 Å².